The summed E-state index contributed by atoms with van der Waals surface area (Å²) in [7, 11) is -0.422. The van der Waals surface area contributed by atoms with Gasteiger partial charge in [0.25, 0.3) is 0 Å². The molecule has 0 aliphatic heterocycles. The second-order valence-electron chi connectivity index (χ2n) is 4.05. The highest BCUT2D eigenvalue weighted by Gasteiger charge is 2.13. The number of carbonyl (C=O) groups excluding carboxylic acids is 1. The molecule has 0 rings (SSSR count). The van der Waals surface area contributed by atoms with Crippen LogP contribution in [0, 0.1) is 0 Å². The number of carboxylic acid groups (broad SMARTS) is 1. The van der Waals surface area contributed by atoms with Crippen molar-refractivity contribution in [3.05, 3.63) is 0 Å². The third-order valence-corrected chi connectivity index (χ3v) is 4.12. The van der Waals surface area contributed by atoms with Gasteiger partial charge in [-0.1, -0.05) is 0 Å². The molecule has 2 N–H and O–H groups in total. The van der Waals surface area contributed by atoms with E-state index in [0.717, 1.165) is 4.31 Å². The number of hydrogen-bond donors (Lipinski definition) is 2. The Morgan fingerprint density at radius 2 is 1.72 bits per heavy atom. The molecule has 18 heavy (non-hydrogen) atoms. The molecule has 0 fully saturated rings. The van der Waals surface area contributed by atoms with Crippen molar-refractivity contribution in [2.24, 2.45) is 0 Å². The number of hydrogen-bond acceptors (Lipinski definition) is 4. The molecule has 0 aromatic rings. The molecule has 0 heterocycles. The Labute approximate surface area is 107 Å². The van der Waals surface area contributed by atoms with E-state index in [1.807, 2.05) is 0 Å². The van der Waals surface area contributed by atoms with Crippen LogP contribution in [0.15, 0.2) is 0 Å². The van der Waals surface area contributed by atoms with Gasteiger partial charge in [0.2, 0.25) is 15.9 Å². The van der Waals surface area contributed by atoms with Crippen LogP contribution in [-0.4, -0.2) is 56.1 Å². The van der Waals surface area contributed by atoms with Crippen LogP contribution in [-0.2, 0) is 19.6 Å². The average Bonchev–Trinajstić information content (AvgIpc) is 2.23. The summed E-state index contributed by atoms with van der Waals surface area (Å²) in [6, 6.07) is 0. The third kappa shape index (κ3) is 8.02. The van der Waals surface area contributed by atoms with Gasteiger partial charge >= 0.3 is 5.97 Å². The quantitative estimate of drug-likeness (QED) is 0.561. The van der Waals surface area contributed by atoms with Gasteiger partial charge in [0.15, 0.2) is 0 Å². The predicted octanol–water partition coefficient (Wildman–Crippen LogP) is -0.361. The fourth-order valence-corrected chi connectivity index (χ4v) is 1.88. The molecular formula is C10H20N2O5S. The van der Waals surface area contributed by atoms with Gasteiger partial charge in [-0.05, 0) is 12.8 Å². The lowest BCUT2D eigenvalue weighted by atomic mass is 10.2. The summed E-state index contributed by atoms with van der Waals surface area (Å²) in [5.41, 5.74) is 0. The second-order valence-corrected chi connectivity index (χ2v) is 6.35. The molecule has 7 nitrogen and oxygen atoms in total. The summed E-state index contributed by atoms with van der Waals surface area (Å²) in [4.78, 5) is 21.5. The Balaban J connectivity index is 3.69. The van der Waals surface area contributed by atoms with Gasteiger partial charge in [-0.2, -0.15) is 0 Å². The van der Waals surface area contributed by atoms with Crippen LogP contribution in [0.3, 0.4) is 0 Å². The van der Waals surface area contributed by atoms with Crippen LogP contribution in [0.4, 0.5) is 0 Å². The molecule has 0 atom stereocenters. The van der Waals surface area contributed by atoms with Crippen molar-refractivity contribution >= 4 is 21.9 Å². The van der Waals surface area contributed by atoms with E-state index in [-0.39, 0.29) is 31.0 Å². The van der Waals surface area contributed by atoms with Crippen LogP contribution in [0.2, 0.25) is 0 Å². The Hall–Kier alpha value is -1.15. The fourth-order valence-electron chi connectivity index (χ4n) is 1.15. The molecule has 0 aliphatic carbocycles. The molecular weight excluding hydrogens is 260 g/mol. The van der Waals surface area contributed by atoms with Crippen molar-refractivity contribution in [3.8, 4) is 0 Å². The number of carbonyl (C=O) groups is 2. The van der Waals surface area contributed by atoms with Crippen LogP contribution in [0.25, 0.3) is 0 Å². The predicted molar refractivity (Wildman–Crippen MR) is 66.6 cm³/mol. The highest BCUT2D eigenvalue weighted by atomic mass is 32.2. The number of nitrogens with one attached hydrogen (secondary N) is 1. The maximum Gasteiger partial charge on any atom is 0.303 e. The van der Waals surface area contributed by atoms with E-state index in [4.69, 9.17) is 5.11 Å². The highest BCUT2D eigenvalue weighted by molar-refractivity contribution is 7.89. The molecule has 0 spiro atoms. The molecule has 0 saturated heterocycles. The first kappa shape index (κ1) is 16.9. The lowest BCUT2D eigenvalue weighted by Gasteiger charge is -2.11. The Morgan fingerprint density at radius 1 is 1.17 bits per heavy atom. The summed E-state index contributed by atoms with van der Waals surface area (Å²) in [5.74, 6) is -1.28. The Kier molecular flexibility index (Phi) is 7.53. The Bertz CT molecular complexity index is 378. The van der Waals surface area contributed by atoms with E-state index >= 15 is 0 Å². The molecule has 0 unspecified atom stereocenters. The van der Waals surface area contributed by atoms with Crippen LogP contribution < -0.4 is 5.32 Å². The highest BCUT2D eigenvalue weighted by Crippen LogP contribution is 1.99. The number of unbranched alkanes of at least 4 members (excludes halogenated alkanes) is 1. The van der Waals surface area contributed by atoms with Crippen LogP contribution >= 0.6 is 0 Å². The number of amides is 1. The molecule has 0 aromatic carbocycles. The van der Waals surface area contributed by atoms with Gasteiger partial charge in [0.05, 0.1) is 5.75 Å². The fraction of sp³-hybridized carbons (Fsp3) is 0.800. The molecule has 0 aromatic heterocycles. The lowest BCUT2D eigenvalue weighted by Crippen LogP contribution is -2.33. The van der Waals surface area contributed by atoms with Crippen molar-refractivity contribution in [1.82, 2.24) is 9.62 Å². The second kappa shape index (κ2) is 8.04. The molecule has 1 amide bonds. The lowest BCUT2D eigenvalue weighted by molar-refractivity contribution is -0.137. The number of rotatable bonds is 9. The summed E-state index contributed by atoms with van der Waals surface area (Å²) in [6.07, 6.45) is 1.19. The van der Waals surface area contributed by atoms with Crippen molar-refractivity contribution in [3.63, 3.8) is 0 Å². The summed E-state index contributed by atoms with van der Waals surface area (Å²) < 4.78 is 23.8. The number of carboxylic acids is 1. The monoisotopic (exact) mass is 280 g/mol. The normalized spacial score (nSPS) is 11.5. The average molecular weight is 280 g/mol. The topological polar surface area (TPSA) is 104 Å². The van der Waals surface area contributed by atoms with E-state index in [0.29, 0.717) is 12.8 Å². The van der Waals surface area contributed by atoms with Gasteiger partial charge < -0.3 is 10.4 Å². The van der Waals surface area contributed by atoms with E-state index in [2.05, 4.69) is 5.32 Å². The van der Waals surface area contributed by atoms with Gasteiger partial charge in [-0.15, -0.1) is 0 Å². The van der Waals surface area contributed by atoms with E-state index < -0.39 is 16.0 Å². The largest absolute Gasteiger partial charge is 0.481 e. The molecule has 8 heteroatoms. The number of sulfonamides is 1. The molecule has 0 radical (unpaired) electrons. The van der Waals surface area contributed by atoms with Gasteiger partial charge in [0.1, 0.15) is 0 Å². The summed E-state index contributed by atoms with van der Waals surface area (Å²) in [5, 5.41) is 10.9. The molecule has 0 aliphatic rings. The van der Waals surface area contributed by atoms with Crippen molar-refractivity contribution < 1.29 is 23.1 Å². The summed E-state index contributed by atoms with van der Waals surface area (Å²) >= 11 is 0. The molecule has 0 bridgehead atoms. The first-order valence-corrected chi connectivity index (χ1v) is 7.25. The van der Waals surface area contributed by atoms with Crippen molar-refractivity contribution in [2.45, 2.75) is 25.7 Å². The van der Waals surface area contributed by atoms with Crippen LogP contribution in [0.5, 0.6) is 0 Å². The minimum absolute atomic E-state index is 0.0439. The first-order valence-electron chi connectivity index (χ1n) is 5.64. The minimum Gasteiger partial charge on any atom is -0.481 e. The van der Waals surface area contributed by atoms with E-state index in [9.17, 15) is 18.0 Å². The van der Waals surface area contributed by atoms with Crippen molar-refractivity contribution in [1.29, 1.82) is 0 Å². The Morgan fingerprint density at radius 3 is 2.22 bits per heavy atom. The van der Waals surface area contributed by atoms with Gasteiger partial charge in [0, 0.05) is 33.5 Å². The molecule has 106 valence electrons. The van der Waals surface area contributed by atoms with E-state index in [1.165, 1.54) is 14.1 Å². The SMILES string of the molecule is CN(C)S(=O)(=O)CCNC(=O)CCCCC(=O)O. The third-order valence-electron chi connectivity index (χ3n) is 2.28. The smallest absolute Gasteiger partial charge is 0.303 e. The summed E-state index contributed by atoms with van der Waals surface area (Å²) in [6.45, 7) is 0.0677. The maximum absolute atomic E-state index is 11.4. The van der Waals surface area contributed by atoms with Gasteiger partial charge in [-0.3, -0.25) is 9.59 Å². The molecule has 0 saturated carbocycles. The number of aliphatic carboxylic acids is 1. The number of nitrogens with zero attached hydrogens (tertiary/aromatic N) is 1. The van der Waals surface area contributed by atoms with Crippen molar-refractivity contribution in [2.75, 3.05) is 26.4 Å². The zero-order valence-corrected chi connectivity index (χ0v) is 11.5. The zero-order valence-electron chi connectivity index (χ0n) is 10.7. The minimum atomic E-state index is -3.29. The van der Waals surface area contributed by atoms with E-state index in [1.54, 1.807) is 0 Å². The standard InChI is InChI=1S/C10H20N2O5S/c1-12(2)18(16,17)8-7-11-9(13)5-3-4-6-10(14)15/h3-8H2,1-2H3,(H,11,13)(H,14,15). The van der Waals surface area contributed by atoms with Gasteiger partial charge in [-0.25, -0.2) is 12.7 Å². The first-order chi connectivity index (χ1) is 8.25. The van der Waals surface area contributed by atoms with Crippen LogP contribution in [0.1, 0.15) is 25.7 Å². The zero-order chi connectivity index (χ0) is 14.2. The maximum atomic E-state index is 11.4.